The highest BCUT2D eigenvalue weighted by Gasteiger charge is 2.46. The number of methoxy groups -OCH3 is 1. The SMILES string of the molecule is COC1CC(C(=O)O)N(C(=O)C2CC(=O)N(CC(F)(F)F)C2)C1. The Morgan fingerprint density at radius 1 is 1.35 bits per heavy atom. The lowest BCUT2D eigenvalue weighted by Crippen LogP contribution is -2.44. The third kappa shape index (κ3) is 3.92. The molecule has 2 aliphatic rings. The molecular formula is C13H17F3N2O5. The molecule has 0 bridgehead atoms. The molecule has 23 heavy (non-hydrogen) atoms. The van der Waals surface area contributed by atoms with E-state index in [2.05, 4.69) is 0 Å². The van der Waals surface area contributed by atoms with Gasteiger partial charge in [-0.2, -0.15) is 13.2 Å². The summed E-state index contributed by atoms with van der Waals surface area (Å²) in [4.78, 5) is 37.0. The number of carbonyl (C=O) groups is 3. The van der Waals surface area contributed by atoms with E-state index >= 15 is 0 Å². The molecule has 2 heterocycles. The molecule has 3 unspecified atom stereocenters. The summed E-state index contributed by atoms with van der Waals surface area (Å²) >= 11 is 0. The van der Waals surface area contributed by atoms with Crippen LogP contribution in [-0.2, 0) is 19.1 Å². The number of aliphatic carboxylic acids is 1. The van der Waals surface area contributed by atoms with Gasteiger partial charge in [0.1, 0.15) is 12.6 Å². The number of carboxylic acid groups (broad SMARTS) is 1. The van der Waals surface area contributed by atoms with E-state index in [0.717, 1.165) is 4.90 Å². The predicted molar refractivity (Wildman–Crippen MR) is 69.3 cm³/mol. The summed E-state index contributed by atoms with van der Waals surface area (Å²) in [5.41, 5.74) is 0. The topological polar surface area (TPSA) is 87.1 Å². The average molecular weight is 338 g/mol. The van der Waals surface area contributed by atoms with Gasteiger partial charge in [-0.25, -0.2) is 4.79 Å². The van der Waals surface area contributed by atoms with Crippen LogP contribution in [0.15, 0.2) is 0 Å². The number of carboxylic acids is 1. The van der Waals surface area contributed by atoms with Gasteiger partial charge in [0.05, 0.1) is 12.0 Å². The minimum absolute atomic E-state index is 0.0518. The van der Waals surface area contributed by atoms with Gasteiger partial charge in [-0.1, -0.05) is 0 Å². The average Bonchev–Trinajstić information content (AvgIpc) is 3.01. The van der Waals surface area contributed by atoms with E-state index in [1.807, 2.05) is 0 Å². The second-order valence-corrected chi connectivity index (χ2v) is 5.73. The van der Waals surface area contributed by atoms with Crippen molar-refractivity contribution in [2.45, 2.75) is 31.2 Å². The van der Waals surface area contributed by atoms with Gasteiger partial charge in [0.2, 0.25) is 11.8 Å². The van der Waals surface area contributed by atoms with Crippen LogP contribution in [0.4, 0.5) is 13.2 Å². The molecule has 1 N–H and O–H groups in total. The maximum Gasteiger partial charge on any atom is 0.406 e. The van der Waals surface area contributed by atoms with Crippen LogP contribution in [0.5, 0.6) is 0 Å². The second kappa shape index (κ2) is 6.34. The molecule has 0 aromatic rings. The fourth-order valence-corrected chi connectivity index (χ4v) is 2.99. The Bertz CT molecular complexity index is 510. The Labute approximate surface area is 130 Å². The third-order valence-electron chi connectivity index (χ3n) is 4.10. The highest BCUT2D eigenvalue weighted by Crippen LogP contribution is 2.28. The zero-order valence-electron chi connectivity index (χ0n) is 12.4. The first-order valence-electron chi connectivity index (χ1n) is 7.03. The highest BCUT2D eigenvalue weighted by atomic mass is 19.4. The lowest BCUT2D eigenvalue weighted by atomic mass is 10.1. The molecule has 2 amide bonds. The normalized spacial score (nSPS) is 28.5. The van der Waals surface area contributed by atoms with Crippen LogP contribution in [0.25, 0.3) is 0 Å². The van der Waals surface area contributed by atoms with E-state index in [1.165, 1.54) is 7.11 Å². The minimum atomic E-state index is -4.54. The molecule has 2 aliphatic heterocycles. The predicted octanol–water partition coefficient (Wildman–Crippen LogP) is 0.0977. The number of hydrogen-bond donors (Lipinski definition) is 1. The molecule has 10 heteroatoms. The quantitative estimate of drug-likeness (QED) is 0.785. The largest absolute Gasteiger partial charge is 0.480 e. The third-order valence-corrected chi connectivity index (χ3v) is 4.10. The van der Waals surface area contributed by atoms with Gasteiger partial charge >= 0.3 is 12.1 Å². The van der Waals surface area contributed by atoms with Crippen molar-refractivity contribution in [3.63, 3.8) is 0 Å². The standard InChI is InChI=1S/C13H17F3N2O5/c1-23-8-3-9(12(21)22)18(5-8)11(20)7-2-10(19)17(4-7)6-13(14,15)16/h7-9H,2-6H2,1H3,(H,21,22). The Kier molecular flexibility index (Phi) is 4.83. The molecule has 130 valence electrons. The van der Waals surface area contributed by atoms with Crippen molar-refractivity contribution >= 4 is 17.8 Å². The number of ether oxygens (including phenoxy) is 1. The van der Waals surface area contributed by atoms with Gasteiger partial charge in [0.25, 0.3) is 0 Å². The van der Waals surface area contributed by atoms with Gasteiger partial charge in [-0.05, 0) is 0 Å². The number of nitrogens with zero attached hydrogens (tertiary/aromatic N) is 2. The number of amides is 2. The molecule has 0 aliphatic carbocycles. The molecule has 0 aromatic carbocycles. The van der Waals surface area contributed by atoms with E-state index in [9.17, 15) is 27.6 Å². The highest BCUT2D eigenvalue weighted by molar-refractivity contribution is 5.91. The van der Waals surface area contributed by atoms with Crippen LogP contribution in [-0.4, -0.2) is 77.8 Å². The summed E-state index contributed by atoms with van der Waals surface area (Å²) in [7, 11) is 1.39. The van der Waals surface area contributed by atoms with Crippen LogP contribution < -0.4 is 0 Å². The summed E-state index contributed by atoms with van der Waals surface area (Å²) < 4.78 is 42.2. The maximum atomic E-state index is 12.4. The smallest absolute Gasteiger partial charge is 0.406 e. The first-order chi connectivity index (χ1) is 10.6. The zero-order chi connectivity index (χ0) is 17.4. The Balaban J connectivity index is 2.06. The molecule has 0 radical (unpaired) electrons. The van der Waals surface area contributed by atoms with Crippen LogP contribution >= 0.6 is 0 Å². The van der Waals surface area contributed by atoms with Crippen molar-refractivity contribution in [2.24, 2.45) is 5.92 Å². The maximum absolute atomic E-state index is 12.4. The molecule has 0 saturated carbocycles. The number of halogens is 3. The van der Waals surface area contributed by atoms with Crippen LogP contribution in [0.1, 0.15) is 12.8 Å². The summed E-state index contributed by atoms with van der Waals surface area (Å²) in [5.74, 6) is -3.53. The number of alkyl halides is 3. The lowest BCUT2D eigenvalue weighted by Gasteiger charge is -2.24. The van der Waals surface area contributed by atoms with Crippen LogP contribution in [0.3, 0.4) is 0 Å². The van der Waals surface area contributed by atoms with Gasteiger partial charge in [-0.3, -0.25) is 9.59 Å². The molecule has 2 fully saturated rings. The summed E-state index contributed by atoms with van der Waals surface area (Å²) in [6.45, 7) is -1.70. The molecule has 0 aromatic heterocycles. The zero-order valence-corrected chi connectivity index (χ0v) is 12.4. The van der Waals surface area contributed by atoms with Gasteiger partial charge in [-0.15, -0.1) is 0 Å². The molecule has 3 atom stereocenters. The molecular weight excluding hydrogens is 321 g/mol. The Hall–Kier alpha value is -1.84. The van der Waals surface area contributed by atoms with Crippen LogP contribution in [0, 0.1) is 5.92 Å². The molecule has 0 spiro atoms. The Morgan fingerprint density at radius 2 is 2.00 bits per heavy atom. The van der Waals surface area contributed by atoms with Crippen molar-refractivity contribution in [1.82, 2.24) is 9.80 Å². The Morgan fingerprint density at radius 3 is 2.52 bits per heavy atom. The van der Waals surface area contributed by atoms with Crippen molar-refractivity contribution in [2.75, 3.05) is 26.7 Å². The van der Waals surface area contributed by atoms with Crippen LogP contribution in [0.2, 0.25) is 0 Å². The van der Waals surface area contributed by atoms with E-state index in [-0.39, 0.29) is 25.9 Å². The van der Waals surface area contributed by atoms with E-state index in [0.29, 0.717) is 4.90 Å². The summed E-state index contributed by atoms with van der Waals surface area (Å²) in [6.07, 6.45) is -5.20. The summed E-state index contributed by atoms with van der Waals surface area (Å²) in [5, 5.41) is 9.17. The number of rotatable bonds is 4. The first kappa shape index (κ1) is 17.5. The number of likely N-dealkylation sites (tertiary alicyclic amines) is 2. The molecule has 2 saturated heterocycles. The fraction of sp³-hybridized carbons (Fsp3) is 0.769. The number of carbonyl (C=O) groups excluding carboxylic acids is 2. The summed E-state index contributed by atoms with van der Waals surface area (Å²) in [6, 6.07) is -1.08. The van der Waals surface area contributed by atoms with Crippen molar-refractivity contribution < 1.29 is 37.4 Å². The first-order valence-corrected chi connectivity index (χ1v) is 7.03. The van der Waals surface area contributed by atoms with Crippen molar-refractivity contribution in [3.8, 4) is 0 Å². The van der Waals surface area contributed by atoms with Gasteiger partial charge in [0, 0.05) is 33.0 Å². The lowest BCUT2D eigenvalue weighted by molar-refractivity contribution is -0.157. The monoisotopic (exact) mass is 338 g/mol. The minimum Gasteiger partial charge on any atom is -0.480 e. The second-order valence-electron chi connectivity index (χ2n) is 5.73. The fourth-order valence-electron chi connectivity index (χ4n) is 2.99. The van der Waals surface area contributed by atoms with E-state index < -0.39 is 48.6 Å². The van der Waals surface area contributed by atoms with Gasteiger partial charge < -0.3 is 19.6 Å². The number of hydrogen-bond acceptors (Lipinski definition) is 4. The molecule has 2 rings (SSSR count). The van der Waals surface area contributed by atoms with Crippen molar-refractivity contribution in [3.05, 3.63) is 0 Å². The van der Waals surface area contributed by atoms with E-state index in [1.54, 1.807) is 0 Å². The van der Waals surface area contributed by atoms with Gasteiger partial charge in [0.15, 0.2) is 0 Å². The van der Waals surface area contributed by atoms with Crippen molar-refractivity contribution in [1.29, 1.82) is 0 Å². The van der Waals surface area contributed by atoms with E-state index in [4.69, 9.17) is 9.84 Å². The molecule has 7 nitrogen and oxygen atoms in total.